The van der Waals surface area contributed by atoms with Gasteiger partial charge in [-0.2, -0.15) is 12.7 Å². The number of rotatable bonds is 10. The monoisotopic (exact) mass is 287 g/mol. The van der Waals surface area contributed by atoms with E-state index in [0.717, 1.165) is 25.8 Å². The van der Waals surface area contributed by atoms with Crippen LogP contribution in [-0.2, 0) is 10.2 Å². The Morgan fingerprint density at radius 3 is 2.24 bits per heavy atom. The van der Waals surface area contributed by atoms with Crippen LogP contribution in [0.1, 0.15) is 33.1 Å². The van der Waals surface area contributed by atoms with Crippen LogP contribution in [-0.4, -0.2) is 45.9 Å². The predicted octanol–water partition coefficient (Wildman–Crippen LogP) is 0.974. The van der Waals surface area contributed by atoms with Crippen LogP contribution in [0.5, 0.6) is 0 Å². The predicted molar refractivity (Wildman–Crippen MR) is 74.9 cm³/mol. The summed E-state index contributed by atoms with van der Waals surface area (Å²) < 4.78 is 27.2. The molecule has 0 radical (unpaired) electrons. The number of nitrogens with one attached hydrogen (secondary N) is 2. The zero-order valence-electron chi connectivity index (χ0n) is 11.0. The topological polar surface area (TPSA) is 61.4 Å². The molecule has 0 atom stereocenters. The Morgan fingerprint density at radius 1 is 1.06 bits per heavy atom. The lowest BCUT2D eigenvalue weighted by molar-refractivity contribution is 0.448. The van der Waals surface area contributed by atoms with E-state index in [1.165, 1.54) is 4.31 Å². The highest BCUT2D eigenvalue weighted by molar-refractivity contribution is 7.87. The number of unbranched alkanes of at least 4 members (excludes halogenated alkanes) is 1. The number of hydrogen-bond donors (Lipinski definition) is 2. The Morgan fingerprint density at radius 2 is 1.71 bits per heavy atom. The Balaban J connectivity index is 0. The number of halogens is 1. The average Bonchev–Trinajstić information content (AvgIpc) is 2.25. The summed E-state index contributed by atoms with van der Waals surface area (Å²) in [4.78, 5) is 0. The second kappa shape index (κ2) is 11.2. The van der Waals surface area contributed by atoms with Crippen molar-refractivity contribution in [2.24, 2.45) is 0 Å². The van der Waals surface area contributed by atoms with Gasteiger partial charge in [-0.25, -0.2) is 4.72 Å². The zero-order chi connectivity index (χ0) is 12.4. The molecule has 0 unspecified atom stereocenters. The molecule has 0 amide bonds. The normalized spacial score (nSPS) is 11.5. The second-order valence-electron chi connectivity index (χ2n) is 3.82. The van der Waals surface area contributed by atoms with Crippen LogP contribution in [0, 0.1) is 0 Å². The first-order valence-corrected chi connectivity index (χ1v) is 7.40. The van der Waals surface area contributed by atoms with Gasteiger partial charge in [0.15, 0.2) is 0 Å². The van der Waals surface area contributed by atoms with E-state index in [0.29, 0.717) is 19.6 Å². The zero-order valence-corrected chi connectivity index (χ0v) is 12.7. The van der Waals surface area contributed by atoms with Crippen molar-refractivity contribution >= 4 is 22.6 Å². The van der Waals surface area contributed by atoms with E-state index in [2.05, 4.69) is 17.0 Å². The minimum atomic E-state index is -3.28. The summed E-state index contributed by atoms with van der Waals surface area (Å²) in [7, 11) is -1.67. The van der Waals surface area contributed by atoms with Crippen molar-refractivity contribution in [3.8, 4) is 0 Å². The van der Waals surface area contributed by atoms with Gasteiger partial charge in [-0.05, 0) is 19.4 Å². The van der Waals surface area contributed by atoms with Crippen LogP contribution in [0.25, 0.3) is 0 Å². The molecule has 0 bridgehead atoms. The van der Waals surface area contributed by atoms with Crippen molar-refractivity contribution < 1.29 is 8.42 Å². The minimum absolute atomic E-state index is 0. The van der Waals surface area contributed by atoms with Gasteiger partial charge in [0, 0.05) is 26.7 Å². The fraction of sp³-hybridized carbons (Fsp3) is 1.00. The van der Waals surface area contributed by atoms with Gasteiger partial charge in [0.2, 0.25) is 0 Å². The largest absolute Gasteiger partial charge is 0.315 e. The molecule has 2 N–H and O–H groups in total. The van der Waals surface area contributed by atoms with Gasteiger partial charge in [-0.15, -0.1) is 12.4 Å². The first-order chi connectivity index (χ1) is 7.54. The van der Waals surface area contributed by atoms with Crippen LogP contribution < -0.4 is 10.0 Å². The van der Waals surface area contributed by atoms with Gasteiger partial charge in [0.25, 0.3) is 10.2 Å². The van der Waals surface area contributed by atoms with Crippen molar-refractivity contribution in [2.75, 3.05) is 33.2 Å². The molecule has 7 heteroatoms. The molecule has 0 aromatic rings. The highest BCUT2D eigenvalue weighted by Crippen LogP contribution is 1.97. The molecule has 0 saturated carbocycles. The third kappa shape index (κ3) is 9.79. The summed E-state index contributed by atoms with van der Waals surface area (Å²) in [6.45, 7) is 6.74. The van der Waals surface area contributed by atoms with Gasteiger partial charge < -0.3 is 5.32 Å². The van der Waals surface area contributed by atoms with Gasteiger partial charge in [-0.3, -0.25) is 0 Å². The van der Waals surface area contributed by atoms with Crippen molar-refractivity contribution in [1.29, 1.82) is 0 Å². The molecule has 0 saturated heterocycles. The van der Waals surface area contributed by atoms with Crippen LogP contribution in [0.15, 0.2) is 0 Å². The maximum atomic E-state index is 11.7. The standard InChI is InChI=1S/C10H25N3O2S.ClH/c1-4-6-10-13(3)16(14,15)12-9-8-11-7-5-2;/h11-12H,4-10H2,1-3H3;1H. The maximum absolute atomic E-state index is 11.7. The van der Waals surface area contributed by atoms with Gasteiger partial charge in [0.05, 0.1) is 0 Å². The van der Waals surface area contributed by atoms with Crippen molar-refractivity contribution in [1.82, 2.24) is 14.3 Å². The van der Waals surface area contributed by atoms with Crippen LogP contribution in [0.4, 0.5) is 0 Å². The molecule has 0 aromatic heterocycles. The van der Waals surface area contributed by atoms with Gasteiger partial charge >= 0.3 is 0 Å². The van der Waals surface area contributed by atoms with E-state index >= 15 is 0 Å². The maximum Gasteiger partial charge on any atom is 0.279 e. The van der Waals surface area contributed by atoms with E-state index in [4.69, 9.17) is 0 Å². The van der Waals surface area contributed by atoms with E-state index in [9.17, 15) is 8.42 Å². The summed E-state index contributed by atoms with van der Waals surface area (Å²) >= 11 is 0. The molecule has 0 fully saturated rings. The second-order valence-corrected chi connectivity index (χ2v) is 5.69. The van der Waals surface area contributed by atoms with E-state index in [1.807, 2.05) is 6.92 Å². The number of nitrogens with zero attached hydrogens (tertiary/aromatic N) is 1. The molecule has 0 aliphatic heterocycles. The summed E-state index contributed by atoms with van der Waals surface area (Å²) in [5.74, 6) is 0. The summed E-state index contributed by atoms with van der Waals surface area (Å²) in [5, 5.41) is 3.14. The summed E-state index contributed by atoms with van der Waals surface area (Å²) in [5.41, 5.74) is 0. The Bertz CT molecular complexity index is 260. The van der Waals surface area contributed by atoms with Crippen LogP contribution in [0.2, 0.25) is 0 Å². The van der Waals surface area contributed by atoms with Crippen LogP contribution in [0.3, 0.4) is 0 Å². The Labute approximate surface area is 112 Å². The molecule has 0 aliphatic carbocycles. The molecule has 0 aromatic carbocycles. The smallest absolute Gasteiger partial charge is 0.279 e. The molecule has 17 heavy (non-hydrogen) atoms. The highest BCUT2D eigenvalue weighted by atomic mass is 35.5. The average molecular weight is 288 g/mol. The SMILES string of the molecule is CCCCN(C)S(=O)(=O)NCCNCCC.Cl. The molecular weight excluding hydrogens is 262 g/mol. The van der Waals surface area contributed by atoms with Gasteiger partial charge in [-0.1, -0.05) is 20.3 Å². The third-order valence-electron chi connectivity index (χ3n) is 2.25. The van der Waals surface area contributed by atoms with Crippen molar-refractivity contribution in [3.05, 3.63) is 0 Å². The number of hydrogen-bond acceptors (Lipinski definition) is 3. The fourth-order valence-corrected chi connectivity index (χ4v) is 2.13. The first kappa shape index (κ1) is 19.5. The molecule has 0 spiro atoms. The lowest BCUT2D eigenvalue weighted by atomic mass is 10.3. The van der Waals surface area contributed by atoms with E-state index in [-0.39, 0.29) is 12.4 Å². The third-order valence-corrected chi connectivity index (χ3v) is 3.82. The molecule has 0 aliphatic rings. The molecule has 106 valence electrons. The van der Waals surface area contributed by atoms with E-state index < -0.39 is 10.2 Å². The van der Waals surface area contributed by atoms with Crippen molar-refractivity contribution in [3.63, 3.8) is 0 Å². The van der Waals surface area contributed by atoms with Gasteiger partial charge in [0.1, 0.15) is 0 Å². The highest BCUT2D eigenvalue weighted by Gasteiger charge is 2.15. The van der Waals surface area contributed by atoms with Crippen molar-refractivity contribution in [2.45, 2.75) is 33.1 Å². The molecule has 0 heterocycles. The summed E-state index contributed by atoms with van der Waals surface area (Å²) in [6.07, 6.45) is 2.95. The quantitative estimate of drug-likeness (QED) is 0.589. The molecule has 5 nitrogen and oxygen atoms in total. The van der Waals surface area contributed by atoms with E-state index in [1.54, 1.807) is 7.05 Å². The first-order valence-electron chi connectivity index (χ1n) is 5.96. The molecular formula is C10H26ClN3O2S. The lowest BCUT2D eigenvalue weighted by Gasteiger charge is -2.17. The fourth-order valence-electron chi connectivity index (χ4n) is 1.18. The molecule has 0 rings (SSSR count). The lowest BCUT2D eigenvalue weighted by Crippen LogP contribution is -2.41. The minimum Gasteiger partial charge on any atom is -0.315 e. The Kier molecular flexibility index (Phi) is 12.8. The summed E-state index contributed by atoms with van der Waals surface area (Å²) in [6, 6.07) is 0. The Hall–Kier alpha value is 0.120. The van der Waals surface area contributed by atoms with Crippen LogP contribution >= 0.6 is 12.4 Å².